The lowest BCUT2D eigenvalue weighted by atomic mass is 10.2. The minimum Gasteiger partial charge on any atom is -0.325 e. The van der Waals surface area contributed by atoms with E-state index in [1.807, 2.05) is 31.2 Å². The Morgan fingerprint density at radius 1 is 1.09 bits per heavy atom. The number of aromatic nitrogens is 1. The summed E-state index contributed by atoms with van der Waals surface area (Å²) in [5.41, 5.74) is 3.33. The molecule has 1 heterocycles. The molecular weight excluding hydrogens is 449 g/mol. The molecule has 0 radical (unpaired) electrons. The van der Waals surface area contributed by atoms with Gasteiger partial charge in [-0.15, -0.1) is 11.3 Å². The maximum Gasteiger partial charge on any atom is 0.245 e. The first-order valence-corrected chi connectivity index (χ1v) is 12.4. The summed E-state index contributed by atoms with van der Waals surface area (Å²) in [6.07, 6.45) is 0.932. The Labute approximate surface area is 189 Å². The van der Waals surface area contributed by atoms with E-state index in [0.29, 0.717) is 5.69 Å². The van der Waals surface area contributed by atoms with E-state index < -0.39 is 28.3 Å². The average molecular weight is 470 g/mol. The van der Waals surface area contributed by atoms with Crippen LogP contribution < -0.4 is 9.62 Å². The maximum atomic E-state index is 14.1. The smallest absolute Gasteiger partial charge is 0.245 e. The maximum absolute atomic E-state index is 14.1. The van der Waals surface area contributed by atoms with Crippen molar-refractivity contribution >= 4 is 48.9 Å². The molecule has 0 aliphatic heterocycles. The average Bonchev–Trinajstić information content (AvgIpc) is 3.15. The number of nitrogens with zero attached hydrogens (tertiary/aromatic N) is 2. The van der Waals surface area contributed by atoms with Crippen molar-refractivity contribution in [1.29, 1.82) is 0 Å². The molecule has 32 heavy (non-hydrogen) atoms. The van der Waals surface area contributed by atoms with Crippen LogP contribution in [0.2, 0.25) is 0 Å². The van der Waals surface area contributed by atoms with E-state index in [-0.39, 0.29) is 5.69 Å². The molecule has 4 aromatic rings. The van der Waals surface area contributed by atoms with Gasteiger partial charge in [0, 0.05) is 11.3 Å². The zero-order chi connectivity index (χ0) is 22.9. The number of thiazole rings is 1. The molecule has 1 N–H and O–H groups in total. The molecule has 1 aromatic heterocycles. The summed E-state index contributed by atoms with van der Waals surface area (Å²) < 4.78 is 40.2. The summed E-state index contributed by atoms with van der Waals surface area (Å²) in [6, 6.07) is 18.6. The molecular formula is C23H20FN3O3S2. The Bertz CT molecular complexity index is 1400. The van der Waals surface area contributed by atoms with Gasteiger partial charge in [-0.1, -0.05) is 18.2 Å². The largest absolute Gasteiger partial charge is 0.325 e. The first kappa shape index (κ1) is 21.9. The van der Waals surface area contributed by atoms with Gasteiger partial charge in [0.25, 0.3) is 0 Å². The lowest BCUT2D eigenvalue weighted by Crippen LogP contribution is -2.38. The minimum atomic E-state index is -3.86. The summed E-state index contributed by atoms with van der Waals surface area (Å²) in [4.78, 5) is 17.2. The second-order valence-electron chi connectivity index (χ2n) is 7.34. The van der Waals surface area contributed by atoms with Gasteiger partial charge in [-0.3, -0.25) is 9.10 Å². The number of hydrogen-bond donors (Lipinski definition) is 1. The lowest BCUT2D eigenvalue weighted by Gasteiger charge is -2.22. The fraction of sp³-hybridized carbons (Fsp3) is 0.130. The molecule has 3 aromatic carbocycles. The van der Waals surface area contributed by atoms with Crippen LogP contribution in [0.4, 0.5) is 15.8 Å². The van der Waals surface area contributed by atoms with Gasteiger partial charge < -0.3 is 5.32 Å². The molecule has 0 unspecified atom stereocenters. The van der Waals surface area contributed by atoms with Crippen LogP contribution in [0.25, 0.3) is 20.8 Å². The molecule has 6 nitrogen and oxygen atoms in total. The topological polar surface area (TPSA) is 79.4 Å². The molecule has 0 aliphatic rings. The molecule has 0 fully saturated rings. The van der Waals surface area contributed by atoms with Crippen molar-refractivity contribution < 1.29 is 17.6 Å². The number of amides is 1. The van der Waals surface area contributed by atoms with Crippen molar-refractivity contribution in [1.82, 2.24) is 4.98 Å². The standard InChI is InChI=1S/C23H20FN3O3S2/c1-15-7-12-19-21(13-15)31-23(26-19)16-8-10-17(11-9-16)25-22(28)14-27(32(2,29)30)20-6-4-3-5-18(20)24/h3-13H,14H2,1-2H3,(H,25,28). The predicted octanol–water partition coefficient (Wildman–Crippen LogP) is 4.82. The molecule has 9 heteroatoms. The van der Waals surface area contributed by atoms with Crippen LogP contribution in [-0.4, -0.2) is 32.1 Å². The molecule has 4 rings (SSSR count). The second kappa shape index (κ2) is 8.68. The molecule has 0 saturated heterocycles. The number of anilines is 2. The van der Waals surface area contributed by atoms with E-state index in [0.717, 1.165) is 37.4 Å². The zero-order valence-corrected chi connectivity index (χ0v) is 19.0. The van der Waals surface area contributed by atoms with Crippen molar-refractivity contribution in [3.63, 3.8) is 0 Å². The Hall–Kier alpha value is -3.30. The van der Waals surface area contributed by atoms with Gasteiger partial charge in [0.2, 0.25) is 15.9 Å². The normalized spacial score (nSPS) is 11.5. The fourth-order valence-corrected chi connectivity index (χ4v) is 5.14. The fourth-order valence-electron chi connectivity index (χ4n) is 3.22. The van der Waals surface area contributed by atoms with Crippen LogP contribution in [0.3, 0.4) is 0 Å². The summed E-state index contributed by atoms with van der Waals surface area (Å²) in [6.45, 7) is 1.49. The van der Waals surface area contributed by atoms with Crippen LogP contribution in [0.5, 0.6) is 0 Å². The summed E-state index contributed by atoms with van der Waals surface area (Å²) >= 11 is 1.59. The summed E-state index contributed by atoms with van der Waals surface area (Å²) in [5.74, 6) is -1.30. The van der Waals surface area contributed by atoms with Crippen molar-refractivity contribution in [2.75, 3.05) is 22.4 Å². The molecule has 164 valence electrons. The number of fused-ring (bicyclic) bond motifs is 1. The zero-order valence-electron chi connectivity index (χ0n) is 17.4. The first-order valence-electron chi connectivity index (χ1n) is 9.70. The predicted molar refractivity (Wildman–Crippen MR) is 127 cm³/mol. The van der Waals surface area contributed by atoms with Gasteiger partial charge in [0.1, 0.15) is 17.4 Å². The minimum absolute atomic E-state index is 0.174. The number of carbonyl (C=O) groups is 1. The third kappa shape index (κ3) is 4.79. The van der Waals surface area contributed by atoms with Gasteiger partial charge in [0.15, 0.2) is 0 Å². The third-order valence-corrected chi connectivity index (χ3v) is 6.96. The Morgan fingerprint density at radius 3 is 2.50 bits per heavy atom. The van der Waals surface area contributed by atoms with Gasteiger partial charge in [-0.2, -0.15) is 0 Å². The quantitative estimate of drug-likeness (QED) is 0.439. The van der Waals surface area contributed by atoms with E-state index in [2.05, 4.69) is 16.4 Å². The lowest BCUT2D eigenvalue weighted by molar-refractivity contribution is -0.114. The van der Waals surface area contributed by atoms with E-state index in [4.69, 9.17) is 0 Å². The Balaban J connectivity index is 1.50. The first-order chi connectivity index (χ1) is 15.2. The molecule has 0 bridgehead atoms. The monoisotopic (exact) mass is 469 g/mol. The molecule has 0 spiro atoms. The van der Waals surface area contributed by atoms with Crippen LogP contribution in [0, 0.1) is 12.7 Å². The van der Waals surface area contributed by atoms with E-state index >= 15 is 0 Å². The van der Waals surface area contributed by atoms with Crippen LogP contribution in [-0.2, 0) is 14.8 Å². The van der Waals surface area contributed by atoms with Gasteiger partial charge in [-0.05, 0) is 61.0 Å². The molecule has 0 saturated carbocycles. The van der Waals surface area contributed by atoms with E-state index in [1.54, 1.807) is 23.5 Å². The third-order valence-electron chi connectivity index (χ3n) is 4.77. The number of halogens is 1. The number of hydrogen-bond acceptors (Lipinski definition) is 5. The van der Waals surface area contributed by atoms with E-state index in [9.17, 15) is 17.6 Å². The highest BCUT2D eigenvalue weighted by Crippen LogP contribution is 2.31. The Morgan fingerprint density at radius 2 is 1.81 bits per heavy atom. The van der Waals surface area contributed by atoms with Crippen molar-refractivity contribution in [2.45, 2.75) is 6.92 Å². The summed E-state index contributed by atoms with van der Waals surface area (Å²) in [7, 11) is -3.86. The summed E-state index contributed by atoms with van der Waals surface area (Å²) in [5, 5.41) is 3.53. The van der Waals surface area contributed by atoms with Crippen LogP contribution in [0.1, 0.15) is 5.56 Å². The highest BCUT2D eigenvalue weighted by Gasteiger charge is 2.23. The van der Waals surface area contributed by atoms with E-state index in [1.165, 1.54) is 23.8 Å². The number of para-hydroxylation sites is 1. The van der Waals surface area contributed by atoms with Crippen LogP contribution >= 0.6 is 11.3 Å². The number of rotatable bonds is 6. The number of nitrogens with one attached hydrogen (secondary N) is 1. The van der Waals surface area contributed by atoms with Crippen molar-refractivity contribution in [3.05, 3.63) is 78.1 Å². The number of aryl methyl sites for hydroxylation is 1. The van der Waals surface area contributed by atoms with Gasteiger partial charge in [-0.25, -0.2) is 17.8 Å². The second-order valence-corrected chi connectivity index (χ2v) is 10.3. The number of sulfonamides is 1. The molecule has 0 atom stereocenters. The van der Waals surface area contributed by atoms with Crippen molar-refractivity contribution in [3.8, 4) is 10.6 Å². The highest BCUT2D eigenvalue weighted by atomic mass is 32.2. The molecule has 1 amide bonds. The van der Waals surface area contributed by atoms with Gasteiger partial charge in [0.05, 0.1) is 22.2 Å². The molecule has 0 aliphatic carbocycles. The van der Waals surface area contributed by atoms with Crippen LogP contribution in [0.15, 0.2) is 66.7 Å². The highest BCUT2D eigenvalue weighted by molar-refractivity contribution is 7.92. The SMILES string of the molecule is Cc1ccc2nc(-c3ccc(NC(=O)CN(c4ccccc4F)S(C)(=O)=O)cc3)sc2c1. The Kier molecular flexibility index (Phi) is 5.94. The number of benzene rings is 3. The number of carbonyl (C=O) groups excluding carboxylic acids is 1. The van der Waals surface area contributed by atoms with Crippen molar-refractivity contribution in [2.24, 2.45) is 0 Å². The van der Waals surface area contributed by atoms with Gasteiger partial charge >= 0.3 is 0 Å².